The fourth-order valence-corrected chi connectivity index (χ4v) is 4.45. The fraction of sp³-hybridized carbons (Fsp3) is 0.300. The van der Waals surface area contributed by atoms with E-state index >= 15 is 0 Å². The number of amides is 2. The van der Waals surface area contributed by atoms with Crippen molar-refractivity contribution in [3.05, 3.63) is 59.2 Å². The Hall–Kier alpha value is -2.36. The molecule has 0 unspecified atom stereocenters. The molecule has 0 saturated heterocycles. The van der Waals surface area contributed by atoms with Gasteiger partial charge in [-0.3, -0.25) is 20.4 Å². The standard InChI is InChI=1S/C20H25N3O4S2/c1-14-6-9-17(10-7-14)29(26,27)23(4)12-19(24)21-22-20(25)13-28-18-11-15(2)5-8-16(18)3/h5-11H,12-13H2,1-4H3,(H,21,24)(H,22,25). The zero-order chi connectivity index (χ0) is 21.6. The number of hydrogen-bond acceptors (Lipinski definition) is 5. The minimum absolute atomic E-state index is 0.104. The van der Waals surface area contributed by atoms with Crippen molar-refractivity contribution in [2.75, 3.05) is 19.3 Å². The maximum absolute atomic E-state index is 12.5. The Kier molecular flexibility index (Phi) is 7.83. The number of nitrogens with zero attached hydrogens (tertiary/aromatic N) is 1. The summed E-state index contributed by atoms with van der Waals surface area (Å²) in [6, 6.07) is 12.3. The molecule has 2 aromatic rings. The van der Waals surface area contributed by atoms with Gasteiger partial charge in [0.1, 0.15) is 0 Å². The van der Waals surface area contributed by atoms with Crippen LogP contribution in [0.25, 0.3) is 0 Å². The van der Waals surface area contributed by atoms with Crippen molar-refractivity contribution >= 4 is 33.6 Å². The molecule has 2 rings (SSSR count). The van der Waals surface area contributed by atoms with Gasteiger partial charge in [0.25, 0.3) is 5.91 Å². The number of benzene rings is 2. The minimum Gasteiger partial charge on any atom is -0.272 e. The summed E-state index contributed by atoms with van der Waals surface area (Å²) in [5.74, 6) is -0.885. The number of hydrogen-bond donors (Lipinski definition) is 2. The molecule has 2 N–H and O–H groups in total. The molecule has 0 aliphatic heterocycles. The smallest absolute Gasteiger partial charge is 0.253 e. The molecule has 0 aliphatic rings. The maximum Gasteiger partial charge on any atom is 0.253 e. The SMILES string of the molecule is Cc1ccc(S(=O)(=O)N(C)CC(=O)NNC(=O)CSc2cc(C)ccc2C)cc1. The van der Waals surface area contributed by atoms with Crippen molar-refractivity contribution in [2.45, 2.75) is 30.6 Å². The topological polar surface area (TPSA) is 95.6 Å². The van der Waals surface area contributed by atoms with E-state index < -0.39 is 22.5 Å². The van der Waals surface area contributed by atoms with Crippen LogP contribution in [0.4, 0.5) is 0 Å². The van der Waals surface area contributed by atoms with Crippen LogP contribution in [-0.2, 0) is 19.6 Å². The third kappa shape index (κ3) is 6.59. The van der Waals surface area contributed by atoms with Gasteiger partial charge in [-0.05, 0) is 44.5 Å². The highest BCUT2D eigenvalue weighted by atomic mass is 32.2. The van der Waals surface area contributed by atoms with Gasteiger partial charge in [-0.15, -0.1) is 11.8 Å². The molecule has 0 radical (unpaired) electrons. The maximum atomic E-state index is 12.5. The number of sulfonamides is 1. The zero-order valence-corrected chi connectivity index (χ0v) is 18.5. The molecule has 0 fully saturated rings. The number of thioether (sulfide) groups is 1. The second-order valence-corrected chi connectivity index (χ2v) is 9.79. The number of likely N-dealkylation sites (N-methyl/N-ethyl adjacent to an activating group) is 1. The Balaban J connectivity index is 1.83. The molecule has 29 heavy (non-hydrogen) atoms. The normalized spacial score (nSPS) is 11.3. The predicted octanol–water partition coefficient (Wildman–Crippen LogP) is 2.17. The van der Waals surface area contributed by atoms with Crippen LogP contribution < -0.4 is 10.9 Å². The fourth-order valence-electron chi connectivity index (χ4n) is 2.40. The van der Waals surface area contributed by atoms with E-state index in [1.54, 1.807) is 12.1 Å². The van der Waals surface area contributed by atoms with Gasteiger partial charge in [0.2, 0.25) is 15.9 Å². The number of carbonyl (C=O) groups excluding carboxylic acids is 2. The number of hydrazine groups is 1. The lowest BCUT2D eigenvalue weighted by molar-refractivity contribution is -0.127. The van der Waals surface area contributed by atoms with Crippen LogP contribution >= 0.6 is 11.8 Å². The minimum atomic E-state index is -3.79. The molecule has 9 heteroatoms. The largest absolute Gasteiger partial charge is 0.272 e. The first-order valence-corrected chi connectivity index (χ1v) is 11.3. The average molecular weight is 436 g/mol. The molecular weight excluding hydrogens is 410 g/mol. The molecule has 2 aromatic carbocycles. The quantitative estimate of drug-likeness (QED) is 0.513. The van der Waals surface area contributed by atoms with Crippen molar-refractivity contribution in [2.24, 2.45) is 0 Å². The molecule has 0 atom stereocenters. The lowest BCUT2D eigenvalue weighted by Gasteiger charge is -2.17. The molecule has 2 amide bonds. The summed E-state index contributed by atoms with van der Waals surface area (Å²) in [4.78, 5) is 25.1. The Morgan fingerprint density at radius 2 is 1.52 bits per heavy atom. The second kappa shape index (κ2) is 9.91. The zero-order valence-electron chi connectivity index (χ0n) is 16.9. The third-order valence-electron chi connectivity index (χ3n) is 4.14. The third-order valence-corrected chi connectivity index (χ3v) is 7.11. The molecule has 0 spiro atoms. The highest BCUT2D eigenvalue weighted by Crippen LogP contribution is 2.23. The summed E-state index contributed by atoms with van der Waals surface area (Å²) < 4.78 is 25.9. The van der Waals surface area contributed by atoms with E-state index in [0.717, 1.165) is 25.9 Å². The summed E-state index contributed by atoms with van der Waals surface area (Å²) in [6.45, 7) is 5.38. The van der Waals surface area contributed by atoms with Crippen LogP contribution in [0, 0.1) is 20.8 Å². The lowest BCUT2D eigenvalue weighted by atomic mass is 10.2. The van der Waals surface area contributed by atoms with Gasteiger partial charge in [-0.25, -0.2) is 8.42 Å². The van der Waals surface area contributed by atoms with Crippen LogP contribution in [0.5, 0.6) is 0 Å². The van der Waals surface area contributed by atoms with E-state index in [1.807, 2.05) is 39.0 Å². The van der Waals surface area contributed by atoms with Gasteiger partial charge in [-0.1, -0.05) is 35.4 Å². The van der Waals surface area contributed by atoms with Gasteiger partial charge in [0.05, 0.1) is 17.2 Å². The Morgan fingerprint density at radius 1 is 0.931 bits per heavy atom. The molecule has 0 saturated carbocycles. The Bertz CT molecular complexity index is 989. The monoisotopic (exact) mass is 435 g/mol. The van der Waals surface area contributed by atoms with E-state index in [9.17, 15) is 18.0 Å². The van der Waals surface area contributed by atoms with Crippen LogP contribution in [0.15, 0.2) is 52.3 Å². The molecule has 0 heterocycles. The molecule has 0 bridgehead atoms. The van der Waals surface area contributed by atoms with Crippen LogP contribution in [0.3, 0.4) is 0 Å². The van der Waals surface area contributed by atoms with Crippen LogP contribution in [0.1, 0.15) is 16.7 Å². The molecular formula is C20H25N3O4S2. The summed E-state index contributed by atoms with van der Waals surface area (Å²) in [6.07, 6.45) is 0. The first kappa shape index (κ1) is 22.9. The van der Waals surface area contributed by atoms with Crippen LogP contribution in [0.2, 0.25) is 0 Å². The van der Waals surface area contributed by atoms with Gasteiger partial charge >= 0.3 is 0 Å². The number of carbonyl (C=O) groups is 2. The first-order valence-electron chi connectivity index (χ1n) is 8.90. The van der Waals surface area contributed by atoms with Gasteiger partial charge in [0.15, 0.2) is 0 Å². The van der Waals surface area contributed by atoms with Crippen molar-refractivity contribution in [1.29, 1.82) is 0 Å². The van der Waals surface area contributed by atoms with Crippen molar-refractivity contribution in [1.82, 2.24) is 15.2 Å². The van der Waals surface area contributed by atoms with E-state index in [0.29, 0.717) is 0 Å². The van der Waals surface area contributed by atoms with E-state index in [2.05, 4.69) is 10.9 Å². The van der Waals surface area contributed by atoms with Crippen molar-refractivity contribution in [3.63, 3.8) is 0 Å². The highest BCUT2D eigenvalue weighted by Gasteiger charge is 2.23. The summed E-state index contributed by atoms with van der Waals surface area (Å²) >= 11 is 1.37. The molecule has 0 aliphatic carbocycles. The molecule has 0 aromatic heterocycles. The number of aryl methyl sites for hydroxylation is 3. The Labute approximate surface area is 175 Å². The van der Waals surface area contributed by atoms with Gasteiger partial charge < -0.3 is 0 Å². The molecule has 7 nitrogen and oxygen atoms in total. The molecule has 156 valence electrons. The van der Waals surface area contributed by atoms with E-state index in [4.69, 9.17) is 0 Å². The number of nitrogens with one attached hydrogen (secondary N) is 2. The summed E-state index contributed by atoms with van der Waals surface area (Å²) in [5, 5.41) is 0. The Morgan fingerprint density at radius 3 is 2.17 bits per heavy atom. The van der Waals surface area contributed by atoms with Crippen molar-refractivity contribution < 1.29 is 18.0 Å². The van der Waals surface area contributed by atoms with Gasteiger partial charge in [-0.2, -0.15) is 4.31 Å². The second-order valence-electron chi connectivity index (χ2n) is 6.73. The van der Waals surface area contributed by atoms with E-state index in [1.165, 1.54) is 30.9 Å². The van der Waals surface area contributed by atoms with Crippen LogP contribution in [-0.4, -0.2) is 43.9 Å². The summed E-state index contributed by atoms with van der Waals surface area (Å²) in [5.41, 5.74) is 7.67. The van der Waals surface area contributed by atoms with Gasteiger partial charge in [0, 0.05) is 11.9 Å². The average Bonchev–Trinajstić information content (AvgIpc) is 2.67. The predicted molar refractivity (Wildman–Crippen MR) is 114 cm³/mol. The highest BCUT2D eigenvalue weighted by molar-refractivity contribution is 8.00. The lowest BCUT2D eigenvalue weighted by Crippen LogP contribution is -2.47. The van der Waals surface area contributed by atoms with Crippen molar-refractivity contribution in [3.8, 4) is 0 Å². The van der Waals surface area contributed by atoms with E-state index in [-0.39, 0.29) is 16.6 Å². The number of rotatable bonds is 7. The summed E-state index contributed by atoms with van der Waals surface area (Å²) in [7, 11) is -2.48. The first-order chi connectivity index (χ1) is 13.6.